The van der Waals surface area contributed by atoms with Crippen molar-refractivity contribution in [3.63, 3.8) is 0 Å². The predicted octanol–water partition coefficient (Wildman–Crippen LogP) is 1.53. The van der Waals surface area contributed by atoms with E-state index in [1.807, 2.05) is 12.1 Å². The van der Waals surface area contributed by atoms with Gasteiger partial charge < -0.3 is 15.2 Å². The highest BCUT2D eigenvalue weighted by Crippen LogP contribution is 2.12. The predicted molar refractivity (Wildman–Crippen MR) is 78.7 cm³/mol. The number of nitrogens with zero attached hydrogens (tertiary/aromatic N) is 1. The van der Waals surface area contributed by atoms with E-state index < -0.39 is 0 Å². The van der Waals surface area contributed by atoms with Crippen LogP contribution in [0, 0.1) is 0 Å². The summed E-state index contributed by atoms with van der Waals surface area (Å²) in [6.45, 7) is 5.13. The smallest absolute Gasteiger partial charge is 0.119 e. The fraction of sp³-hybridized carbons (Fsp3) is 0.600. The van der Waals surface area contributed by atoms with E-state index in [0.29, 0.717) is 19.2 Å². The Labute approximate surface area is 116 Å². The molecule has 1 rings (SSSR count). The maximum atomic E-state index is 5.72. The fourth-order valence-electron chi connectivity index (χ4n) is 1.82. The van der Waals surface area contributed by atoms with Gasteiger partial charge in [0.2, 0.25) is 0 Å². The second-order valence-electron chi connectivity index (χ2n) is 4.82. The Morgan fingerprint density at radius 2 is 1.95 bits per heavy atom. The van der Waals surface area contributed by atoms with Gasteiger partial charge in [0.1, 0.15) is 12.4 Å². The first-order chi connectivity index (χ1) is 9.17. The average Bonchev–Trinajstić information content (AvgIpc) is 2.41. The van der Waals surface area contributed by atoms with Crippen molar-refractivity contribution in [3.8, 4) is 5.75 Å². The lowest BCUT2D eigenvalue weighted by molar-refractivity contribution is 0.105. The molecule has 0 saturated carbocycles. The molecule has 0 radical (unpaired) electrons. The van der Waals surface area contributed by atoms with E-state index in [4.69, 9.17) is 15.2 Å². The van der Waals surface area contributed by atoms with Gasteiger partial charge in [-0.15, -0.1) is 0 Å². The zero-order valence-corrected chi connectivity index (χ0v) is 12.3. The molecule has 4 heteroatoms. The SMILES string of the molecule is COCC(C)N(C)CCOc1ccc(CCN)cc1. The molecule has 1 atom stereocenters. The quantitative estimate of drug-likeness (QED) is 0.736. The lowest BCUT2D eigenvalue weighted by Crippen LogP contribution is -2.35. The first kappa shape index (κ1) is 16.0. The number of hydrogen-bond acceptors (Lipinski definition) is 4. The van der Waals surface area contributed by atoms with Crippen molar-refractivity contribution < 1.29 is 9.47 Å². The Morgan fingerprint density at radius 1 is 1.26 bits per heavy atom. The second-order valence-corrected chi connectivity index (χ2v) is 4.82. The van der Waals surface area contributed by atoms with Gasteiger partial charge in [0, 0.05) is 19.7 Å². The van der Waals surface area contributed by atoms with Crippen LogP contribution in [0.15, 0.2) is 24.3 Å². The summed E-state index contributed by atoms with van der Waals surface area (Å²) >= 11 is 0. The third-order valence-corrected chi connectivity index (χ3v) is 3.23. The van der Waals surface area contributed by atoms with Crippen molar-refractivity contribution in [2.75, 3.05) is 40.5 Å². The van der Waals surface area contributed by atoms with E-state index in [1.165, 1.54) is 5.56 Å². The first-order valence-electron chi connectivity index (χ1n) is 6.78. The number of methoxy groups -OCH3 is 1. The Morgan fingerprint density at radius 3 is 2.53 bits per heavy atom. The molecule has 108 valence electrons. The summed E-state index contributed by atoms with van der Waals surface area (Å²) in [6.07, 6.45) is 0.914. The third-order valence-electron chi connectivity index (χ3n) is 3.23. The maximum Gasteiger partial charge on any atom is 0.119 e. The first-order valence-corrected chi connectivity index (χ1v) is 6.78. The summed E-state index contributed by atoms with van der Waals surface area (Å²) < 4.78 is 10.9. The van der Waals surface area contributed by atoms with Crippen molar-refractivity contribution in [2.24, 2.45) is 5.73 Å². The number of ether oxygens (including phenoxy) is 2. The zero-order chi connectivity index (χ0) is 14.1. The van der Waals surface area contributed by atoms with Crippen LogP contribution in [-0.4, -0.2) is 51.4 Å². The lowest BCUT2D eigenvalue weighted by atomic mass is 10.1. The summed E-state index contributed by atoms with van der Waals surface area (Å²) in [4.78, 5) is 2.23. The topological polar surface area (TPSA) is 47.7 Å². The minimum absolute atomic E-state index is 0.403. The monoisotopic (exact) mass is 266 g/mol. The molecule has 0 spiro atoms. The average molecular weight is 266 g/mol. The molecule has 0 aliphatic rings. The molecule has 0 amide bonds. The Balaban J connectivity index is 2.28. The number of rotatable bonds is 9. The minimum atomic E-state index is 0.403. The van der Waals surface area contributed by atoms with Gasteiger partial charge in [0.05, 0.1) is 6.61 Å². The van der Waals surface area contributed by atoms with Gasteiger partial charge in [-0.1, -0.05) is 12.1 Å². The molecule has 0 aliphatic carbocycles. The fourth-order valence-corrected chi connectivity index (χ4v) is 1.82. The molecule has 0 fully saturated rings. The largest absolute Gasteiger partial charge is 0.492 e. The van der Waals surface area contributed by atoms with Crippen molar-refractivity contribution in [1.82, 2.24) is 4.90 Å². The summed E-state index contributed by atoms with van der Waals surface area (Å²) in [5.74, 6) is 0.911. The van der Waals surface area contributed by atoms with Crippen LogP contribution in [0.1, 0.15) is 12.5 Å². The summed E-state index contributed by atoms with van der Waals surface area (Å²) in [5.41, 5.74) is 6.77. The zero-order valence-electron chi connectivity index (χ0n) is 12.3. The second kappa shape index (κ2) is 8.91. The summed E-state index contributed by atoms with van der Waals surface area (Å²) in [7, 11) is 3.81. The molecule has 0 bridgehead atoms. The van der Waals surface area contributed by atoms with Crippen LogP contribution in [0.5, 0.6) is 5.75 Å². The van der Waals surface area contributed by atoms with Gasteiger partial charge in [-0.2, -0.15) is 0 Å². The highest BCUT2D eigenvalue weighted by Gasteiger charge is 2.08. The van der Waals surface area contributed by atoms with Crippen LogP contribution in [0.4, 0.5) is 0 Å². The van der Waals surface area contributed by atoms with Crippen LogP contribution < -0.4 is 10.5 Å². The van der Waals surface area contributed by atoms with Crippen LogP contribution in [0.2, 0.25) is 0 Å². The van der Waals surface area contributed by atoms with Gasteiger partial charge in [0.15, 0.2) is 0 Å². The van der Waals surface area contributed by atoms with Crippen LogP contribution in [0.3, 0.4) is 0 Å². The maximum absolute atomic E-state index is 5.72. The van der Waals surface area contributed by atoms with Crippen LogP contribution in [-0.2, 0) is 11.2 Å². The highest BCUT2D eigenvalue weighted by atomic mass is 16.5. The normalized spacial score (nSPS) is 12.7. The standard InChI is InChI=1S/C15H26N2O2/c1-13(12-18-3)17(2)10-11-19-15-6-4-14(5-7-15)8-9-16/h4-7,13H,8-12,16H2,1-3H3. The van der Waals surface area contributed by atoms with Gasteiger partial charge in [-0.3, -0.25) is 4.90 Å². The van der Waals surface area contributed by atoms with Crippen molar-refractivity contribution in [2.45, 2.75) is 19.4 Å². The molecule has 0 aromatic heterocycles. The van der Waals surface area contributed by atoms with E-state index in [0.717, 1.165) is 25.3 Å². The van der Waals surface area contributed by atoms with Crippen LogP contribution in [0.25, 0.3) is 0 Å². The van der Waals surface area contributed by atoms with Gasteiger partial charge in [-0.25, -0.2) is 0 Å². The van der Waals surface area contributed by atoms with E-state index >= 15 is 0 Å². The van der Waals surface area contributed by atoms with E-state index in [9.17, 15) is 0 Å². The number of benzene rings is 1. The molecule has 1 aromatic rings. The number of hydrogen-bond donors (Lipinski definition) is 1. The van der Waals surface area contributed by atoms with Gasteiger partial charge in [-0.05, 0) is 44.6 Å². The molecule has 1 unspecified atom stereocenters. The van der Waals surface area contributed by atoms with E-state index in [1.54, 1.807) is 7.11 Å². The molecule has 19 heavy (non-hydrogen) atoms. The number of likely N-dealkylation sites (N-methyl/N-ethyl adjacent to an activating group) is 1. The lowest BCUT2D eigenvalue weighted by Gasteiger charge is -2.23. The Kier molecular flexibility index (Phi) is 7.48. The molecule has 0 saturated heterocycles. The molecular weight excluding hydrogens is 240 g/mol. The third kappa shape index (κ3) is 6.05. The van der Waals surface area contributed by atoms with Crippen molar-refractivity contribution in [1.29, 1.82) is 0 Å². The van der Waals surface area contributed by atoms with E-state index in [-0.39, 0.29) is 0 Å². The molecule has 4 nitrogen and oxygen atoms in total. The van der Waals surface area contributed by atoms with Gasteiger partial charge >= 0.3 is 0 Å². The molecule has 2 N–H and O–H groups in total. The van der Waals surface area contributed by atoms with E-state index in [2.05, 4.69) is 31.0 Å². The minimum Gasteiger partial charge on any atom is -0.492 e. The summed E-state index contributed by atoms with van der Waals surface area (Å²) in [5, 5.41) is 0. The summed E-state index contributed by atoms with van der Waals surface area (Å²) in [6, 6.07) is 8.55. The molecule has 0 aliphatic heterocycles. The van der Waals surface area contributed by atoms with Gasteiger partial charge in [0.25, 0.3) is 0 Å². The molecular formula is C15H26N2O2. The van der Waals surface area contributed by atoms with Crippen LogP contribution >= 0.6 is 0 Å². The molecule has 0 heterocycles. The number of nitrogens with two attached hydrogens (primary N) is 1. The van der Waals surface area contributed by atoms with Crippen molar-refractivity contribution in [3.05, 3.63) is 29.8 Å². The molecule has 1 aromatic carbocycles. The Bertz CT molecular complexity index is 341. The van der Waals surface area contributed by atoms with Crippen molar-refractivity contribution >= 4 is 0 Å². The Hall–Kier alpha value is -1.10. The highest BCUT2D eigenvalue weighted by molar-refractivity contribution is 5.27.